The fraction of sp³-hybridized carbons (Fsp3) is 0.500. The predicted octanol–water partition coefficient (Wildman–Crippen LogP) is 12.1. The Morgan fingerprint density at radius 3 is 1.49 bits per heavy atom. The molecule has 11 heteroatoms. The topological polar surface area (TPSA) is 134 Å². The number of rotatable bonds is 13. The van der Waals surface area contributed by atoms with Crippen LogP contribution in [0, 0.1) is 0 Å². The van der Waals surface area contributed by atoms with Crippen molar-refractivity contribution in [3.05, 3.63) is 128 Å². The summed E-state index contributed by atoms with van der Waals surface area (Å²) in [5.74, 6) is -2.77. The number of carboxylic acids is 1. The summed E-state index contributed by atoms with van der Waals surface area (Å²) in [6, 6.07) is 18.5. The SMILES string of the molecule is CC(C)N1CCN(c2cc(C(=O)/C=C/c3ccc(C(=O)OC(/C=C/c4ccc(C(=O)O)c(O)c4)c4cc(N5CCN(C(C)C)CC5)c5c(c4)C(C)(C)CCC5(C)C)c(O)c3)cc3c2C(C)(C)CCC3(C)C)CC1. The van der Waals surface area contributed by atoms with E-state index in [1.807, 2.05) is 0 Å². The van der Waals surface area contributed by atoms with Crippen LogP contribution in [0.3, 0.4) is 0 Å². The van der Waals surface area contributed by atoms with E-state index in [0.29, 0.717) is 28.8 Å². The highest BCUT2D eigenvalue weighted by Gasteiger charge is 2.43. The summed E-state index contributed by atoms with van der Waals surface area (Å²) in [6.45, 7) is 34.7. The van der Waals surface area contributed by atoms with Crippen LogP contribution in [-0.4, -0.2) is 107 Å². The summed E-state index contributed by atoms with van der Waals surface area (Å²) in [5, 5.41) is 31.7. The van der Waals surface area contributed by atoms with E-state index < -0.39 is 18.0 Å². The molecule has 2 heterocycles. The first-order valence-corrected chi connectivity index (χ1v) is 26.6. The molecule has 4 aliphatic rings. The molecule has 1 atom stereocenters. The van der Waals surface area contributed by atoms with E-state index in [4.69, 9.17) is 4.74 Å². The number of benzene rings is 4. The van der Waals surface area contributed by atoms with Crippen molar-refractivity contribution in [2.75, 3.05) is 62.2 Å². The monoisotopic (exact) mass is 993 g/mol. The van der Waals surface area contributed by atoms with Gasteiger partial charge in [-0.1, -0.05) is 85.7 Å². The highest BCUT2D eigenvalue weighted by Crippen LogP contribution is 2.52. The number of nitrogens with zero attached hydrogens (tertiary/aromatic N) is 4. The molecule has 0 spiro atoms. The number of ether oxygens (including phenoxy) is 1. The summed E-state index contributed by atoms with van der Waals surface area (Å²) in [5.41, 5.74) is 9.19. The molecule has 0 aromatic heterocycles. The molecule has 2 aliphatic carbocycles. The van der Waals surface area contributed by atoms with E-state index in [1.165, 1.54) is 46.5 Å². The number of aromatic carboxylic acids is 1. The fourth-order valence-electron chi connectivity index (χ4n) is 11.8. The number of hydrogen-bond acceptors (Lipinski definition) is 10. The van der Waals surface area contributed by atoms with Gasteiger partial charge in [0.1, 0.15) is 28.7 Å². The van der Waals surface area contributed by atoms with Gasteiger partial charge in [0.2, 0.25) is 0 Å². The van der Waals surface area contributed by atoms with E-state index in [1.54, 1.807) is 36.4 Å². The number of allylic oxidation sites excluding steroid dienone is 1. The number of carbonyl (C=O) groups excluding carboxylic acids is 2. The minimum atomic E-state index is -1.24. The van der Waals surface area contributed by atoms with Crippen molar-refractivity contribution in [2.24, 2.45) is 0 Å². The van der Waals surface area contributed by atoms with Crippen LogP contribution in [0.5, 0.6) is 11.5 Å². The van der Waals surface area contributed by atoms with Crippen molar-refractivity contribution in [2.45, 2.75) is 149 Å². The van der Waals surface area contributed by atoms with Gasteiger partial charge in [0.05, 0.1) is 0 Å². The van der Waals surface area contributed by atoms with Crippen LogP contribution in [-0.2, 0) is 26.4 Å². The summed E-state index contributed by atoms with van der Waals surface area (Å²) >= 11 is 0. The molecule has 390 valence electrons. The van der Waals surface area contributed by atoms with Crippen molar-refractivity contribution in [3.63, 3.8) is 0 Å². The molecule has 8 rings (SSSR count). The zero-order valence-corrected chi connectivity index (χ0v) is 45.6. The van der Waals surface area contributed by atoms with E-state index >= 15 is 0 Å². The molecule has 2 fully saturated rings. The molecule has 73 heavy (non-hydrogen) atoms. The van der Waals surface area contributed by atoms with Crippen molar-refractivity contribution in [3.8, 4) is 11.5 Å². The Bertz CT molecular complexity index is 2820. The molecular formula is C62H80N4O7. The molecular weight excluding hydrogens is 913 g/mol. The third-order valence-electron chi connectivity index (χ3n) is 16.8. The van der Waals surface area contributed by atoms with Gasteiger partial charge < -0.3 is 29.9 Å². The van der Waals surface area contributed by atoms with Gasteiger partial charge in [0.15, 0.2) is 5.78 Å². The highest BCUT2D eigenvalue weighted by molar-refractivity contribution is 6.08. The zero-order valence-electron chi connectivity index (χ0n) is 45.6. The summed E-state index contributed by atoms with van der Waals surface area (Å²) < 4.78 is 6.42. The van der Waals surface area contributed by atoms with Crippen LogP contribution < -0.4 is 9.80 Å². The van der Waals surface area contributed by atoms with E-state index in [-0.39, 0.29) is 50.1 Å². The van der Waals surface area contributed by atoms with Crippen LogP contribution in [0.25, 0.3) is 12.2 Å². The van der Waals surface area contributed by atoms with Crippen molar-refractivity contribution < 1.29 is 34.4 Å². The second-order valence-electron chi connectivity index (χ2n) is 24.4. The Morgan fingerprint density at radius 1 is 0.562 bits per heavy atom. The molecule has 2 saturated heterocycles. The Kier molecular flexibility index (Phi) is 14.9. The van der Waals surface area contributed by atoms with Gasteiger partial charge in [-0.2, -0.15) is 0 Å². The third-order valence-corrected chi connectivity index (χ3v) is 16.8. The van der Waals surface area contributed by atoms with Gasteiger partial charge in [-0.3, -0.25) is 14.6 Å². The van der Waals surface area contributed by atoms with Gasteiger partial charge in [-0.15, -0.1) is 0 Å². The van der Waals surface area contributed by atoms with Gasteiger partial charge in [-0.25, -0.2) is 9.59 Å². The first kappa shape index (κ1) is 53.4. The molecule has 3 N–H and O–H groups in total. The van der Waals surface area contributed by atoms with Crippen LogP contribution in [0.4, 0.5) is 11.4 Å². The number of aromatic hydroxyl groups is 2. The van der Waals surface area contributed by atoms with Crippen LogP contribution >= 0.6 is 0 Å². The number of anilines is 2. The average molecular weight is 993 g/mol. The van der Waals surface area contributed by atoms with E-state index in [2.05, 4.69) is 127 Å². The quantitative estimate of drug-likeness (QED) is 0.0671. The zero-order chi connectivity index (χ0) is 52.9. The third kappa shape index (κ3) is 11.1. The number of phenols is 2. The molecule has 0 saturated carbocycles. The lowest BCUT2D eigenvalue weighted by atomic mass is 9.62. The maximum atomic E-state index is 14.4. The lowest BCUT2D eigenvalue weighted by molar-refractivity contribution is 0.0389. The predicted molar refractivity (Wildman–Crippen MR) is 295 cm³/mol. The van der Waals surface area contributed by atoms with Gasteiger partial charge in [0.25, 0.3) is 0 Å². The number of fused-ring (bicyclic) bond motifs is 2. The van der Waals surface area contributed by atoms with Crippen molar-refractivity contribution >= 4 is 41.2 Å². The number of hydrogen-bond donors (Lipinski definition) is 3. The maximum Gasteiger partial charge on any atom is 0.342 e. The second kappa shape index (κ2) is 20.4. The maximum absolute atomic E-state index is 14.4. The molecule has 11 nitrogen and oxygen atoms in total. The van der Waals surface area contributed by atoms with E-state index in [0.717, 1.165) is 95.0 Å². The molecule has 0 bridgehead atoms. The first-order valence-electron chi connectivity index (χ1n) is 26.6. The Hall–Kier alpha value is -5.91. The fourth-order valence-corrected chi connectivity index (χ4v) is 11.8. The minimum Gasteiger partial charge on any atom is -0.507 e. The summed E-state index contributed by atoms with van der Waals surface area (Å²) in [4.78, 5) is 50.3. The number of phenolic OH excluding ortho intramolecular Hbond substituents is 1. The molecule has 4 aromatic rings. The lowest BCUT2D eigenvalue weighted by Crippen LogP contribution is -2.50. The number of carbonyl (C=O) groups is 3. The van der Waals surface area contributed by atoms with E-state index in [9.17, 15) is 29.7 Å². The Balaban J connectivity index is 1.11. The smallest absolute Gasteiger partial charge is 0.342 e. The Labute approximate surface area is 434 Å². The summed E-state index contributed by atoms with van der Waals surface area (Å²) in [6.07, 6.45) is 9.86. The minimum absolute atomic E-state index is 0.0310. The van der Waals surface area contributed by atoms with Crippen LogP contribution in [0.2, 0.25) is 0 Å². The molecule has 0 radical (unpaired) electrons. The Morgan fingerprint density at radius 2 is 1.01 bits per heavy atom. The number of ketones is 1. The molecule has 0 amide bonds. The van der Waals surface area contributed by atoms with Gasteiger partial charge in [0, 0.05) is 81.4 Å². The lowest BCUT2D eigenvalue weighted by Gasteiger charge is -2.46. The highest BCUT2D eigenvalue weighted by atomic mass is 16.5. The van der Waals surface area contributed by atoms with Crippen LogP contribution in [0.15, 0.2) is 72.8 Å². The average Bonchev–Trinajstić information content (AvgIpc) is 3.34. The van der Waals surface area contributed by atoms with Crippen LogP contribution in [0.1, 0.15) is 185 Å². The summed E-state index contributed by atoms with van der Waals surface area (Å²) in [7, 11) is 0. The second-order valence-corrected chi connectivity index (χ2v) is 24.4. The van der Waals surface area contributed by atoms with Crippen molar-refractivity contribution in [1.29, 1.82) is 0 Å². The largest absolute Gasteiger partial charge is 0.507 e. The molecule has 4 aromatic carbocycles. The van der Waals surface area contributed by atoms with Crippen molar-refractivity contribution in [1.82, 2.24) is 9.80 Å². The number of piperazine rings is 2. The first-order chi connectivity index (χ1) is 34.3. The van der Waals surface area contributed by atoms with Gasteiger partial charge in [-0.05, 0) is 169 Å². The number of carboxylic acid groups (broad SMARTS) is 1. The van der Waals surface area contributed by atoms with Gasteiger partial charge >= 0.3 is 11.9 Å². The molecule has 2 aliphatic heterocycles. The number of esters is 1. The normalized spacial score (nSPS) is 20.1. The standard InChI is InChI=1S/C62H80N4O7/c1-39(2)63-25-29-65(30-26-63)49-37-43(35-47-55(49)61(9,10)23-21-59(47,5)6)51(67)19-15-41-14-18-46(53(69)34-41)58(72)73-54(20-16-42-13-17-45(57(70)71)52(68)33-42)44-36-48-56(62(11,12)24-22-60(48,7)8)50(38-44)66-31-27-64(28-32-66)40(3)4/h13-20,33-40,54,68-69H,21-32H2,1-12H3,(H,70,71)/b19-15+,20-16+. The molecule has 1 unspecified atom stereocenters.